The van der Waals surface area contributed by atoms with E-state index in [1.54, 1.807) is 6.92 Å². The molecule has 1 fully saturated rings. The first-order valence-electron chi connectivity index (χ1n) is 11.3. The van der Waals surface area contributed by atoms with Gasteiger partial charge in [-0.2, -0.15) is 4.98 Å². The van der Waals surface area contributed by atoms with Crippen LogP contribution in [0, 0.1) is 12.8 Å². The first kappa shape index (κ1) is 20.5. The van der Waals surface area contributed by atoms with Crippen molar-refractivity contribution in [1.82, 2.24) is 24.9 Å². The number of rotatable bonds is 4. The van der Waals surface area contributed by atoms with Crippen LogP contribution in [0.3, 0.4) is 0 Å². The molecule has 1 aliphatic carbocycles. The second-order valence-electron chi connectivity index (χ2n) is 9.14. The number of carbonyl (C=O) groups is 1. The molecule has 0 saturated heterocycles. The van der Waals surface area contributed by atoms with Crippen LogP contribution < -0.4 is 22.1 Å². The molecule has 3 heterocycles. The smallest absolute Gasteiger partial charge is 0.240 e. The minimum absolute atomic E-state index is 0.0143. The summed E-state index contributed by atoms with van der Waals surface area (Å²) in [5, 5.41) is 11.1. The van der Waals surface area contributed by atoms with E-state index in [1.165, 1.54) is 16.8 Å². The van der Waals surface area contributed by atoms with Gasteiger partial charge < -0.3 is 22.1 Å². The van der Waals surface area contributed by atoms with Crippen molar-refractivity contribution < 1.29 is 4.79 Å². The van der Waals surface area contributed by atoms with Crippen LogP contribution in [0.1, 0.15) is 67.2 Å². The number of imidazole rings is 1. The molecule has 6 N–H and O–H groups in total. The van der Waals surface area contributed by atoms with Crippen LogP contribution in [-0.4, -0.2) is 32.0 Å². The molecule has 1 saturated carbocycles. The minimum atomic E-state index is 0.0143. The Morgan fingerprint density at radius 2 is 2.00 bits per heavy atom. The molecule has 32 heavy (non-hydrogen) atoms. The van der Waals surface area contributed by atoms with Gasteiger partial charge in [-0.25, -0.2) is 9.50 Å². The van der Waals surface area contributed by atoms with E-state index in [4.69, 9.17) is 16.5 Å². The van der Waals surface area contributed by atoms with Crippen molar-refractivity contribution in [2.24, 2.45) is 5.92 Å². The molecule has 1 atom stereocenters. The zero-order valence-electron chi connectivity index (χ0n) is 18.6. The van der Waals surface area contributed by atoms with Crippen molar-refractivity contribution in [3.63, 3.8) is 0 Å². The monoisotopic (exact) mass is 434 g/mol. The second-order valence-corrected chi connectivity index (χ2v) is 9.14. The Bertz CT molecular complexity index is 1180. The summed E-state index contributed by atoms with van der Waals surface area (Å²) in [7, 11) is 0. The highest BCUT2D eigenvalue weighted by Crippen LogP contribution is 2.41. The summed E-state index contributed by atoms with van der Waals surface area (Å²) < 4.78 is 1.82. The summed E-state index contributed by atoms with van der Waals surface area (Å²) in [6.07, 6.45) is 4.90. The highest BCUT2D eigenvalue weighted by molar-refractivity contribution is 5.73. The normalized spacial score (nSPS) is 22.5. The summed E-state index contributed by atoms with van der Waals surface area (Å²) in [5.74, 6) is 2.21. The molecule has 1 unspecified atom stereocenters. The second kappa shape index (κ2) is 7.96. The van der Waals surface area contributed by atoms with Crippen molar-refractivity contribution in [3.8, 4) is 0 Å². The van der Waals surface area contributed by atoms with Gasteiger partial charge >= 0.3 is 0 Å². The van der Waals surface area contributed by atoms with Gasteiger partial charge in [-0.1, -0.05) is 18.2 Å². The van der Waals surface area contributed by atoms with Gasteiger partial charge in [0.05, 0.1) is 11.7 Å². The summed E-state index contributed by atoms with van der Waals surface area (Å²) in [6.45, 7) is 4.42. The molecule has 9 heteroatoms. The zero-order valence-corrected chi connectivity index (χ0v) is 18.6. The number of para-hydroxylation sites is 1. The van der Waals surface area contributed by atoms with E-state index in [2.05, 4.69) is 45.8 Å². The van der Waals surface area contributed by atoms with Crippen LogP contribution in [0.4, 0.5) is 17.5 Å². The number of nitrogens with two attached hydrogens (primary N) is 2. The number of hydrogen-bond donors (Lipinski definition) is 4. The Morgan fingerprint density at radius 3 is 2.72 bits per heavy atom. The minimum Gasteiger partial charge on any atom is -0.382 e. The van der Waals surface area contributed by atoms with Crippen molar-refractivity contribution in [2.75, 3.05) is 23.3 Å². The van der Waals surface area contributed by atoms with Crippen molar-refractivity contribution in [1.29, 1.82) is 0 Å². The molecule has 1 aliphatic heterocycles. The number of aryl methyl sites for hydroxylation is 1. The molecular formula is C23H30N8O. The van der Waals surface area contributed by atoms with E-state index >= 15 is 0 Å². The molecule has 3 aromatic rings. The lowest BCUT2D eigenvalue weighted by Gasteiger charge is -2.27. The number of nitrogens with zero attached hydrogens (tertiary/aromatic N) is 4. The third-order valence-electron chi connectivity index (χ3n) is 6.87. The van der Waals surface area contributed by atoms with Gasteiger partial charge in [0.15, 0.2) is 5.82 Å². The van der Waals surface area contributed by atoms with Crippen molar-refractivity contribution >= 4 is 28.9 Å². The maximum Gasteiger partial charge on any atom is 0.240 e. The van der Waals surface area contributed by atoms with Gasteiger partial charge in [0.25, 0.3) is 0 Å². The SMILES string of the molecule is CC(=O)NCC1CCC(c2nc(C3Cc4cccc(C)c4N3)c3c(N)nc(N)nn23)CC1. The Balaban J connectivity index is 1.46. The lowest BCUT2D eigenvalue weighted by atomic mass is 9.81. The van der Waals surface area contributed by atoms with Gasteiger partial charge in [0.1, 0.15) is 11.3 Å². The summed E-state index contributed by atoms with van der Waals surface area (Å²) in [5.41, 5.74) is 17.6. The van der Waals surface area contributed by atoms with Crippen LogP contribution in [-0.2, 0) is 11.2 Å². The predicted octanol–water partition coefficient (Wildman–Crippen LogP) is 2.72. The van der Waals surface area contributed by atoms with Gasteiger partial charge in [0.2, 0.25) is 11.9 Å². The lowest BCUT2D eigenvalue weighted by molar-refractivity contribution is -0.119. The molecular weight excluding hydrogens is 404 g/mol. The summed E-state index contributed by atoms with van der Waals surface area (Å²) >= 11 is 0. The van der Waals surface area contributed by atoms with Crippen LogP contribution >= 0.6 is 0 Å². The molecule has 1 aromatic carbocycles. The number of anilines is 3. The maximum atomic E-state index is 11.2. The standard InChI is InChI=1S/C23H30N8O/c1-12-4-3-5-16-10-17(27-18(12)16)19-20-21(24)29-23(25)30-31(20)22(28-19)15-8-6-14(7-9-15)11-26-13(2)32/h3-5,14-15,17,27H,6-11H2,1-2H3,(H,26,32)(H4,24,25,29,30). The highest BCUT2D eigenvalue weighted by atomic mass is 16.1. The van der Waals surface area contributed by atoms with Crippen molar-refractivity contribution in [3.05, 3.63) is 40.8 Å². The quantitative estimate of drug-likeness (QED) is 0.495. The molecule has 2 aromatic heterocycles. The van der Waals surface area contributed by atoms with Crippen LogP contribution in [0.25, 0.3) is 5.52 Å². The fraction of sp³-hybridized carbons (Fsp3) is 0.478. The van der Waals surface area contributed by atoms with Gasteiger partial charge in [0, 0.05) is 31.5 Å². The molecule has 0 radical (unpaired) electrons. The van der Waals surface area contributed by atoms with E-state index in [-0.39, 0.29) is 23.8 Å². The Hall–Kier alpha value is -3.36. The Labute approximate surface area is 187 Å². The van der Waals surface area contributed by atoms with Crippen LogP contribution in [0.2, 0.25) is 0 Å². The number of nitrogens with one attached hydrogen (secondary N) is 2. The number of nitrogen functional groups attached to an aromatic ring is 2. The van der Waals surface area contributed by atoms with E-state index in [0.717, 1.165) is 55.7 Å². The molecule has 0 spiro atoms. The lowest BCUT2D eigenvalue weighted by Crippen LogP contribution is -2.29. The molecule has 168 valence electrons. The fourth-order valence-electron chi connectivity index (χ4n) is 5.22. The average molecular weight is 435 g/mol. The topological polar surface area (TPSA) is 136 Å². The number of aromatic nitrogens is 4. The number of carbonyl (C=O) groups excluding carboxylic acids is 1. The van der Waals surface area contributed by atoms with E-state index < -0.39 is 0 Å². The van der Waals surface area contributed by atoms with Gasteiger partial charge in [-0.3, -0.25) is 4.79 Å². The first-order chi connectivity index (χ1) is 15.4. The van der Waals surface area contributed by atoms with E-state index in [0.29, 0.717) is 11.7 Å². The predicted molar refractivity (Wildman–Crippen MR) is 124 cm³/mol. The first-order valence-corrected chi connectivity index (χ1v) is 11.3. The summed E-state index contributed by atoms with van der Waals surface area (Å²) in [6, 6.07) is 6.37. The van der Waals surface area contributed by atoms with Crippen molar-refractivity contribution in [2.45, 2.75) is 57.9 Å². The summed E-state index contributed by atoms with van der Waals surface area (Å²) in [4.78, 5) is 20.6. The highest BCUT2D eigenvalue weighted by Gasteiger charge is 2.32. The molecule has 5 rings (SSSR count). The molecule has 9 nitrogen and oxygen atoms in total. The number of benzene rings is 1. The van der Waals surface area contributed by atoms with E-state index in [1.807, 2.05) is 4.52 Å². The largest absolute Gasteiger partial charge is 0.382 e. The molecule has 2 aliphatic rings. The number of hydrogen-bond acceptors (Lipinski definition) is 7. The van der Waals surface area contributed by atoms with E-state index in [9.17, 15) is 4.79 Å². The molecule has 0 bridgehead atoms. The van der Waals surface area contributed by atoms with Crippen LogP contribution in [0.5, 0.6) is 0 Å². The number of amides is 1. The Kier molecular flexibility index (Phi) is 5.11. The van der Waals surface area contributed by atoms with Gasteiger partial charge in [-0.15, -0.1) is 5.10 Å². The third kappa shape index (κ3) is 3.61. The number of fused-ring (bicyclic) bond motifs is 2. The zero-order chi connectivity index (χ0) is 22.4. The molecule has 1 amide bonds. The Morgan fingerprint density at radius 1 is 1.22 bits per heavy atom. The average Bonchev–Trinajstić information content (AvgIpc) is 3.35. The fourth-order valence-corrected chi connectivity index (χ4v) is 5.22. The van der Waals surface area contributed by atoms with Crippen LogP contribution in [0.15, 0.2) is 18.2 Å². The maximum absolute atomic E-state index is 11.2. The van der Waals surface area contributed by atoms with Gasteiger partial charge in [-0.05, 0) is 49.7 Å². The third-order valence-corrected chi connectivity index (χ3v) is 6.87.